The first-order valence-corrected chi connectivity index (χ1v) is 9.97. The van der Waals surface area contributed by atoms with E-state index < -0.39 is 29.5 Å². The van der Waals surface area contributed by atoms with Crippen molar-refractivity contribution < 1.29 is 27.8 Å². The Morgan fingerprint density at radius 3 is 2.81 bits per heavy atom. The van der Waals surface area contributed by atoms with Crippen molar-refractivity contribution in [3.8, 4) is 5.75 Å². The number of hydrogen-bond acceptors (Lipinski definition) is 5. The molecule has 0 fully saturated rings. The summed E-state index contributed by atoms with van der Waals surface area (Å²) in [6.07, 6.45) is -0.365. The van der Waals surface area contributed by atoms with Gasteiger partial charge in [0, 0.05) is 12.1 Å². The molecule has 3 heterocycles. The van der Waals surface area contributed by atoms with E-state index in [4.69, 9.17) is 9.47 Å². The first-order valence-electron chi connectivity index (χ1n) is 9.97. The Morgan fingerprint density at radius 1 is 1.19 bits per heavy atom. The number of aromatic nitrogens is 2. The molecule has 2 N–H and O–H groups in total. The van der Waals surface area contributed by atoms with Gasteiger partial charge < -0.3 is 20.1 Å². The zero-order valence-corrected chi connectivity index (χ0v) is 16.7. The van der Waals surface area contributed by atoms with E-state index in [0.29, 0.717) is 19.2 Å². The number of amides is 2. The van der Waals surface area contributed by atoms with Crippen molar-refractivity contribution in [1.29, 1.82) is 0 Å². The first kappa shape index (κ1) is 20.1. The molecule has 0 bridgehead atoms. The third-order valence-electron chi connectivity index (χ3n) is 5.30. The van der Waals surface area contributed by atoms with E-state index in [1.54, 1.807) is 10.7 Å². The van der Waals surface area contributed by atoms with Crippen LogP contribution in [0.1, 0.15) is 27.8 Å². The standard InChI is InChI=1S/C22H18F2N4O4/c23-13-8-14(24)19-18(9-13)32-11-16(22(30)26-19)25-21(29)15-10-17-20(12-4-2-1-3-5-12)31-7-6-28(17)27-15/h1-5,8-10,16,20H,6-7,11H2,(H,25,29)(H,26,30)/t16-,20?/m0/s1. The van der Waals surface area contributed by atoms with Gasteiger partial charge in [-0.05, 0) is 11.6 Å². The second-order valence-corrected chi connectivity index (χ2v) is 7.43. The van der Waals surface area contributed by atoms with Crippen LogP contribution in [0.25, 0.3) is 0 Å². The van der Waals surface area contributed by atoms with E-state index >= 15 is 0 Å². The molecule has 32 heavy (non-hydrogen) atoms. The Bertz CT molecular complexity index is 1200. The number of ether oxygens (including phenoxy) is 2. The third-order valence-corrected chi connectivity index (χ3v) is 5.30. The van der Waals surface area contributed by atoms with Gasteiger partial charge in [0.1, 0.15) is 36.0 Å². The molecule has 0 spiro atoms. The molecule has 8 nitrogen and oxygen atoms in total. The monoisotopic (exact) mass is 440 g/mol. The van der Waals surface area contributed by atoms with Crippen molar-refractivity contribution in [2.75, 3.05) is 18.5 Å². The van der Waals surface area contributed by atoms with Gasteiger partial charge in [0.15, 0.2) is 11.5 Å². The predicted octanol–water partition coefficient (Wildman–Crippen LogP) is 2.41. The Kier molecular flexibility index (Phi) is 5.06. The largest absolute Gasteiger partial charge is 0.488 e. The van der Waals surface area contributed by atoms with Gasteiger partial charge in [0.25, 0.3) is 11.8 Å². The van der Waals surface area contributed by atoms with Crippen LogP contribution in [0.4, 0.5) is 14.5 Å². The second-order valence-electron chi connectivity index (χ2n) is 7.43. The van der Waals surface area contributed by atoms with Crippen molar-refractivity contribution in [2.45, 2.75) is 18.7 Å². The van der Waals surface area contributed by atoms with Crippen LogP contribution < -0.4 is 15.4 Å². The minimum absolute atomic E-state index is 0.109. The highest BCUT2D eigenvalue weighted by atomic mass is 19.1. The average molecular weight is 440 g/mol. The summed E-state index contributed by atoms with van der Waals surface area (Å²) >= 11 is 0. The molecule has 0 aliphatic carbocycles. The Balaban J connectivity index is 1.34. The van der Waals surface area contributed by atoms with Crippen molar-refractivity contribution in [2.24, 2.45) is 0 Å². The molecule has 2 aliphatic rings. The summed E-state index contributed by atoms with van der Waals surface area (Å²) in [6, 6.07) is 11.7. The lowest BCUT2D eigenvalue weighted by molar-refractivity contribution is -0.118. The maximum absolute atomic E-state index is 14.0. The summed E-state index contributed by atoms with van der Waals surface area (Å²) in [4.78, 5) is 25.3. The van der Waals surface area contributed by atoms with Crippen LogP contribution in [0.3, 0.4) is 0 Å². The number of fused-ring (bicyclic) bond motifs is 2. The lowest BCUT2D eigenvalue weighted by Crippen LogP contribution is -2.46. The minimum atomic E-state index is -1.13. The van der Waals surface area contributed by atoms with Gasteiger partial charge in [-0.3, -0.25) is 14.3 Å². The number of carbonyl (C=O) groups is 2. The van der Waals surface area contributed by atoms with E-state index in [1.807, 2.05) is 30.3 Å². The Hall–Kier alpha value is -3.79. The molecule has 0 saturated carbocycles. The van der Waals surface area contributed by atoms with Gasteiger partial charge in [-0.15, -0.1) is 0 Å². The van der Waals surface area contributed by atoms with E-state index in [2.05, 4.69) is 15.7 Å². The molecule has 2 atom stereocenters. The molecule has 1 unspecified atom stereocenters. The number of anilines is 1. The van der Waals surface area contributed by atoms with Crippen LogP contribution in [0, 0.1) is 11.6 Å². The molecule has 2 aromatic carbocycles. The fraction of sp³-hybridized carbons (Fsp3) is 0.227. The summed E-state index contributed by atoms with van der Waals surface area (Å²) in [6.45, 7) is 0.629. The molecule has 1 aromatic heterocycles. The number of benzene rings is 2. The van der Waals surface area contributed by atoms with Gasteiger partial charge in [-0.2, -0.15) is 5.10 Å². The van der Waals surface area contributed by atoms with Crippen LogP contribution in [0.15, 0.2) is 48.5 Å². The minimum Gasteiger partial charge on any atom is -0.488 e. The van der Waals surface area contributed by atoms with Gasteiger partial charge in [-0.25, -0.2) is 8.78 Å². The van der Waals surface area contributed by atoms with Crippen LogP contribution in [0.5, 0.6) is 5.75 Å². The summed E-state index contributed by atoms with van der Waals surface area (Å²) < 4.78 is 40.4. The normalized spacial score (nSPS) is 19.8. The molecular formula is C22H18F2N4O4. The molecule has 0 radical (unpaired) electrons. The van der Waals surface area contributed by atoms with Crippen molar-refractivity contribution in [1.82, 2.24) is 15.1 Å². The second kappa shape index (κ2) is 8.04. The van der Waals surface area contributed by atoms with Gasteiger partial charge >= 0.3 is 0 Å². The van der Waals surface area contributed by atoms with E-state index in [1.165, 1.54) is 0 Å². The van der Waals surface area contributed by atoms with E-state index in [0.717, 1.165) is 17.3 Å². The number of carbonyl (C=O) groups excluding carboxylic acids is 2. The zero-order valence-electron chi connectivity index (χ0n) is 16.7. The maximum Gasteiger partial charge on any atom is 0.272 e. The SMILES string of the molecule is O=C(N[C@H]1COc2cc(F)cc(F)c2NC1=O)c1cc2n(n1)CCOC2c1ccccc1. The lowest BCUT2D eigenvalue weighted by atomic mass is 10.1. The maximum atomic E-state index is 14.0. The highest BCUT2D eigenvalue weighted by Gasteiger charge is 2.31. The highest BCUT2D eigenvalue weighted by Crippen LogP contribution is 2.32. The molecular weight excluding hydrogens is 422 g/mol. The highest BCUT2D eigenvalue weighted by molar-refractivity contribution is 6.01. The Morgan fingerprint density at radius 2 is 2.00 bits per heavy atom. The van der Waals surface area contributed by atoms with Crippen molar-refractivity contribution in [3.63, 3.8) is 0 Å². The Labute approximate surface area is 181 Å². The number of halogens is 2. The quantitative estimate of drug-likeness (QED) is 0.653. The third kappa shape index (κ3) is 3.69. The number of hydrogen-bond donors (Lipinski definition) is 2. The van der Waals surface area contributed by atoms with Crippen LogP contribution in [-0.4, -0.2) is 40.9 Å². The molecule has 10 heteroatoms. The number of nitrogens with zero attached hydrogens (tertiary/aromatic N) is 2. The zero-order chi connectivity index (χ0) is 22.2. The molecule has 2 amide bonds. The van der Waals surface area contributed by atoms with Crippen molar-refractivity contribution >= 4 is 17.5 Å². The molecule has 5 rings (SSSR count). The molecule has 3 aromatic rings. The molecule has 0 saturated heterocycles. The van der Waals surface area contributed by atoms with Crippen molar-refractivity contribution in [3.05, 3.63) is 77.1 Å². The van der Waals surface area contributed by atoms with Crippen LogP contribution in [0.2, 0.25) is 0 Å². The fourth-order valence-corrected chi connectivity index (χ4v) is 3.75. The predicted molar refractivity (Wildman–Crippen MR) is 108 cm³/mol. The van der Waals surface area contributed by atoms with Gasteiger partial charge in [0.05, 0.1) is 18.8 Å². The summed E-state index contributed by atoms with van der Waals surface area (Å²) in [5.74, 6) is -3.23. The number of rotatable bonds is 3. The molecule has 164 valence electrons. The van der Waals surface area contributed by atoms with E-state index in [-0.39, 0.29) is 29.8 Å². The summed E-state index contributed by atoms with van der Waals surface area (Å²) in [7, 11) is 0. The van der Waals surface area contributed by atoms with Crippen LogP contribution >= 0.6 is 0 Å². The van der Waals surface area contributed by atoms with Gasteiger partial charge in [0.2, 0.25) is 0 Å². The first-order chi connectivity index (χ1) is 15.5. The topological polar surface area (TPSA) is 94.5 Å². The lowest BCUT2D eigenvalue weighted by Gasteiger charge is -2.24. The van der Waals surface area contributed by atoms with Gasteiger partial charge in [-0.1, -0.05) is 30.3 Å². The van der Waals surface area contributed by atoms with E-state index in [9.17, 15) is 18.4 Å². The smallest absolute Gasteiger partial charge is 0.272 e. The van der Waals surface area contributed by atoms with Crippen LogP contribution in [-0.2, 0) is 16.1 Å². The molecule has 2 aliphatic heterocycles. The average Bonchev–Trinajstić information content (AvgIpc) is 3.17. The fourth-order valence-electron chi connectivity index (χ4n) is 3.75. The summed E-state index contributed by atoms with van der Waals surface area (Å²) in [5.41, 5.74) is 1.50. The summed E-state index contributed by atoms with van der Waals surface area (Å²) in [5, 5.41) is 9.23. The number of nitrogens with one attached hydrogen (secondary N) is 2.